The molecule has 0 heterocycles. The molecule has 0 spiro atoms. The molecule has 0 fully saturated rings. The minimum atomic E-state index is -4.10. The van der Waals surface area contributed by atoms with E-state index in [1.165, 1.54) is 9.21 Å². The van der Waals surface area contributed by atoms with E-state index >= 15 is 0 Å². The molecule has 0 aliphatic rings. The number of amides is 2. The van der Waals surface area contributed by atoms with Crippen LogP contribution in [0.4, 0.5) is 5.69 Å². The van der Waals surface area contributed by atoms with E-state index < -0.39 is 28.5 Å². The maximum atomic E-state index is 14.0. The highest BCUT2D eigenvalue weighted by atomic mass is 79.9. The highest BCUT2D eigenvalue weighted by Gasteiger charge is 2.33. The molecule has 0 saturated heterocycles. The molecule has 3 rings (SSSR count). The van der Waals surface area contributed by atoms with Gasteiger partial charge in [-0.2, -0.15) is 0 Å². The first-order valence-electron chi connectivity index (χ1n) is 13.4. The number of nitrogens with one attached hydrogen (secondary N) is 1. The van der Waals surface area contributed by atoms with Gasteiger partial charge < -0.3 is 10.2 Å². The number of halogens is 1. The van der Waals surface area contributed by atoms with Gasteiger partial charge in [-0.25, -0.2) is 8.42 Å². The number of carbonyl (C=O) groups excluding carboxylic acids is 2. The van der Waals surface area contributed by atoms with Crippen LogP contribution in [0.5, 0.6) is 0 Å². The molecule has 0 aliphatic heterocycles. The summed E-state index contributed by atoms with van der Waals surface area (Å²) in [4.78, 5) is 28.7. The molecule has 3 aromatic rings. The summed E-state index contributed by atoms with van der Waals surface area (Å²) in [7, 11) is -4.10. The van der Waals surface area contributed by atoms with Crippen molar-refractivity contribution in [2.24, 2.45) is 5.92 Å². The van der Waals surface area contributed by atoms with Gasteiger partial charge in [0.1, 0.15) is 12.6 Å². The monoisotopic (exact) mass is 627 g/mol. The van der Waals surface area contributed by atoms with Crippen LogP contribution < -0.4 is 9.62 Å². The molecule has 40 heavy (non-hydrogen) atoms. The van der Waals surface area contributed by atoms with Gasteiger partial charge in [0, 0.05) is 17.6 Å². The van der Waals surface area contributed by atoms with Crippen molar-refractivity contribution in [3.63, 3.8) is 0 Å². The summed E-state index contributed by atoms with van der Waals surface area (Å²) in [6.45, 7) is 9.66. The average Bonchev–Trinajstić information content (AvgIpc) is 2.93. The van der Waals surface area contributed by atoms with E-state index in [0.29, 0.717) is 18.7 Å². The maximum absolute atomic E-state index is 14.0. The Kier molecular flexibility index (Phi) is 10.9. The Balaban J connectivity index is 2.04. The number of aryl methyl sites for hydroxylation is 2. The quantitative estimate of drug-likeness (QED) is 0.279. The van der Waals surface area contributed by atoms with Crippen molar-refractivity contribution >= 4 is 43.5 Å². The number of para-hydroxylation sites is 1. The largest absolute Gasteiger partial charge is 0.354 e. The Bertz CT molecular complexity index is 1410. The normalized spacial score (nSPS) is 12.2. The van der Waals surface area contributed by atoms with Crippen molar-refractivity contribution in [1.29, 1.82) is 0 Å². The second-order valence-corrected chi connectivity index (χ2v) is 13.0. The fourth-order valence-corrected chi connectivity index (χ4v) is 5.94. The van der Waals surface area contributed by atoms with Gasteiger partial charge in [0.15, 0.2) is 0 Å². The van der Waals surface area contributed by atoms with Crippen molar-refractivity contribution in [2.45, 2.75) is 58.5 Å². The number of sulfonamides is 1. The molecule has 0 aliphatic carbocycles. The number of carbonyl (C=O) groups is 2. The van der Waals surface area contributed by atoms with Crippen molar-refractivity contribution < 1.29 is 18.0 Å². The molecule has 1 atom stereocenters. The number of hydrogen-bond acceptors (Lipinski definition) is 4. The zero-order valence-corrected chi connectivity index (χ0v) is 26.1. The first-order valence-corrected chi connectivity index (χ1v) is 15.7. The summed E-state index contributed by atoms with van der Waals surface area (Å²) in [5.41, 5.74) is 2.99. The molecule has 0 bridgehead atoms. The zero-order valence-electron chi connectivity index (χ0n) is 23.7. The third-order valence-electron chi connectivity index (χ3n) is 6.65. The Hall–Kier alpha value is -3.17. The Labute approximate surface area is 246 Å². The molecule has 3 aromatic carbocycles. The minimum Gasteiger partial charge on any atom is -0.354 e. The number of hydrogen-bond donors (Lipinski definition) is 1. The van der Waals surface area contributed by atoms with E-state index in [0.717, 1.165) is 21.2 Å². The first-order chi connectivity index (χ1) is 18.9. The molecule has 214 valence electrons. The van der Waals surface area contributed by atoms with Gasteiger partial charge in [0.05, 0.1) is 10.6 Å². The third kappa shape index (κ3) is 7.95. The molecule has 2 amide bonds. The van der Waals surface area contributed by atoms with Gasteiger partial charge in [-0.1, -0.05) is 84.7 Å². The van der Waals surface area contributed by atoms with Gasteiger partial charge in [-0.15, -0.1) is 0 Å². The van der Waals surface area contributed by atoms with Crippen LogP contribution in [0.2, 0.25) is 0 Å². The lowest BCUT2D eigenvalue weighted by molar-refractivity contribution is -0.139. The van der Waals surface area contributed by atoms with E-state index in [2.05, 4.69) is 21.2 Å². The molecule has 7 nitrogen and oxygen atoms in total. The minimum absolute atomic E-state index is 0.0963. The smallest absolute Gasteiger partial charge is 0.264 e. The number of nitrogens with zero attached hydrogens (tertiary/aromatic N) is 2. The molecule has 0 saturated carbocycles. The van der Waals surface area contributed by atoms with E-state index in [1.54, 1.807) is 43.3 Å². The third-order valence-corrected chi connectivity index (χ3v) is 8.95. The summed E-state index contributed by atoms with van der Waals surface area (Å²) in [5.74, 6) is -0.523. The van der Waals surface area contributed by atoms with Crippen LogP contribution in [0, 0.1) is 12.8 Å². The van der Waals surface area contributed by atoms with Crippen LogP contribution in [-0.2, 0) is 32.6 Å². The summed E-state index contributed by atoms with van der Waals surface area (Å²) < 4.78 is 30.1. The summed E-state index contributed by atoms with van der Waals surface area (Å²) in [6.07, 6.45) is 0.584. The van der Waals surface area contributed by atoms with Crippen molar-refractivity contribution in [3.05, 3.63) is 94.0 Å². The standard InChI is InChI=1S/C31H38BrN3O4S/c1-6-26-9-7-8-10-29(26)35(40(38,39)28-17-11-23(4)12-18-28)21-30(36)34(20-25-13-15-27(32)16-14-25)24(5)31(37)33-19-22(2)3/h7-18,22,24H,6,19-21H2,1-5H3,(H,33,37). The molecule has 0 radical (unpaired) electrons. The van der Waals surface area contributed by atoms with Crippen molar-refractivity contribution in [2.75, 3.05) is 17.4 Å². The summed E-state index contributed by atoms with van der Waals surface area (Å²) in [5, 5.41) is 2.90. The topological polar surface area (TPSA) is 86.8 Å². The van der Waals surface area contributed by atoms with Crippen molar-refractivity contribution in [1.82, 2.24) is 10.2 Å². The molecule has 1 unspecified atom stereocenters. The highest BCUT2D eigenvalue weighted by molar-refractivity contribution is 9.10. The van der Waals surface area contributed by atoms with E-state index in [9.17, 15) is 18.0 Å². The predicted molar refractivity (Wildman–Crippen MR) is 164 cm³/mol. The summed E-state index contributed by atoms with van der Waals surface area (Å²) in [6, 6.07) is 20.4. The number of rotatable bonds is 12. The van der Waals surface area contributed by atoms with Gasteiger partial charge in [-0.05, 0) is 67.6 Å². The average molecular weight is 629 g/mol. The zero-order chi connectivity index (χ0) is 29.4. The fourth-order valence-electron chi connectivity index (χ4n) is 4.23. The fraction of sp³-hybridized carbons (Fsp3) is 0.355. The van der Waals surface area contributed by atoms with Crippen LogP contribution in [0.3, 0.4) is 0 Å². The number of benzene rings is 3. The second kappa shape index (κ2) is 13.9. The van der Waals surface area contributed by atoms with Crippen molar-refractivity contribution in [3.8, 4) is 0 Å². The van der Waals surface area contributed by atoms with Gasteiger partial charge in [0.25, 0.3) is 10.0 Å². The Morgan fingerprint density at radius 1 is 0.925 bits per heavy atom. The van der Waals surface area contributed by atoms with Crippen LogP contribution in [-0.4, -0.2) is 44.3 Å². The van der Waals surface area contributed by atoms with Crippen LogP contribution >= 0.6 is 15.9 Å². The maximum Gasteiger partial charge on any atom is 0.264 e. The lowest BCUT2D eigenvalue weighted by Gasteiger charge is -2.32. The molecular formula is C31H38BrN3O4S. The molecule has 1 N–H and O–H groups in total. The van der Waals surface area contributed by atoms with Gasteiger partial charge in [-0.3, -0.25) is 13.9 Å². The van der Waals surface area contributed by atoms with Crippen LogP contribution in [0.25, 0.3) is 0 Å². The predicted octanol–water partition coefficient (Wildman–Crippen LogP) is 5.70. The van der Waals surface area contributed by atoms with E-state index in [4.69, 9.17) is 0 Å². The Morgan fingerprint density at radius 3 is 2.15 bits per heavy atom. The SMILES string of the molecule is CCc1ccccc1N(CC(=O)N(Cc1ccc(Br)cc1)C(C)C(=O)NCC(C)C)S(=O)(=O)c1ccc(C)cc1. The number of anilines is 1. The lowest BCUT2D eigenvalue weighted by atomic mass is 10.1. The highest BCUT2D eigenvalue weighted by Crippen LogP contribution is 2.28. The van der Waals surface area contributed by atoms with E-state index in [-0.39, 0.29) is 23.3 Å². The van der Waals surface area contributed by atoms with Gasteiger partial charge >= 0.3 is 0 Å². The molecule has 9 heteroatoms. The van der Waals surface area contributed by atoms with Gasteiger partial charge in [0.2, 0.25) is 11.8 Å². The molecular weight excluding hydrogens is 590 g/mol. The summed E-state index contributed by atoms with van der Waals surface area (Å²) >= 11 is 3.43. The van der Waals surface area contributed by atoms with Crippen LogP contribution in [0.15, 0.2) is 82.2 Å². The Morgan fingerprint density at radius 2 is 1.55 bits per heavy atom. The van der Waals surface area contributed by atoms with E-state index in [1.807, 2.05) is 64.1 Å². The second-order valence-electron chi connectivity index (χ2n) is 10.3. The van der Waals surface area contributed by atoms with Crippen LogP contribution in [0.1, 0.15) is 44.4 Å². The molecule has 0 aromatic heterocycles. The first kappa shape index (κ1) is 31.4. The lowest BCUT2D eigenvalue weighted by Crippen LogP contribution is -2.51.